The molecular weight excluding hydrogens is 390 g/mol. The number of hydrogen-bond acceptors (Lipinski definition) is 7. The summed E-state index contributed by atoms with van der Waals surface area (Å²) < 4.78 is 11.3. The molecule has 8 atom stereocenters. The number of nitrogens with zero attached hydrogens (tertiary/aromatic N) is 1. The number of ketones is 1. The molecule has 0 aromatic heterocycles. The van der Waals surface area contributed by atoms with Crippen LogP contribution in [0.4, 0.5) is 0 Å². The van der Waals surface area contributed by atoms with Gasteiger partial charge in [-0.05, 0) is 25.7 Å². The normalized spacial score (nSPS) is 44.5. The Bertz CT molecular complexity index is 767. The van der Waals surface area contributed by atoms with Crippen molar-refractivity contribution in [3.8, 4) is 0 Å². The number of ether oxygens (including phenoxy) is 2. The van der Waals surface area contributed by atoms with Gasteiger partial charge in [0.15, 0.2) is 5.60 Å². The van der Waals surface area contributed by atoms with Crippen molar-refractivity contribution in [2.75, 3.05) is 6.54 Å². The van der Waals surface area contributed by atoms with Gasteiger partial charge in [-0.25, -0.2) is 0 Å². The predicted molar refractivity (Wildman–Crippen MR) is 104 cm³/mol. The number of cyclic esters (lactones) is 1. The minimum absolute atomic E-state index is 0.0259. The van der Waals surface area contributed by atoms with E-state index in [1.165, 1.54) is 0 Å². The maximum atomic E-state index is 13.7. The molecule has 0 aromatic carbocycles. The Kier molecular flexibility index (Phi) is 5.41. The number of amides is 1. The molecule has 4 aliphatic rings. The van der Waals surface area contributed by atoms with Crippen molar-refractivity contribution in [3.05, 3.63) is 0 Å². The number of Topliss-reactive ketones (excluding diaryl/α,β-unsaturated/α-hetero) is 1. The summed E-state index contributed by atoms with van der Waals surface area (Å²) in [5, 5.41) is 11.3. The van der Waals surface area contributed by atoms with Crippen molar-refractivity contribution in [1.29, 1.82) is 0 Å². The Labute approximate surface area is 176 Å². The molecule has 4 saturated heterocycles. The topological polar surface area (TPSA) is 110 Å². The first kappa shape index (κ1) is 21.3. The van der Waals surface area contributed by atoms with E-state index in [1.807, 2.05) is 6.92 Å². The molecule has 0 radical (unpaired) electrons. The van der Waals surface area contributed by atoms with Crippen LogP contribution in [0.5, 0.6) is 0 Å². The standard InChI is InChI=1S/C22H31NO7/c1-4-13-15(24)7-5-6-8-23-14(16-9-11(2)19(26)29-16)10-22(21(23)28)17(18(13)25)12(3)20(27)30-22/h11-14,16-18,25H,4-10H2,1-3H3. The second-order valence-corrected chi connectivity index (χ2v) is 9.44. The monoisotopic (exact) mass is 421 g/mol. The van der Waals surface area contributed by atoms with E-state index in [2.05, 4.69) is 0 Å². The summed E-state index contributed by atoms with van der Waals surface area (Å²) in [6, 6.07) is -0.394. The third-order valence-electron chi connectivity index (χ3n) is 7.66. The van der Waals surface area contributed by atoms with Crippen LogP contribution in [0.1, 0.15) is 59.3 Å². The molecule has 4 aliphatic heterocycles. The molecule has 8 heteroatoms. The first-order chi connectivity index (χ1) is 14.2. The second kappa shape index (κ2) is 7.62. The molecule has 8 nitrogen and oxygen atoms in total. The van der Waals surface area contributed by atoms with Crippen LogP contribution in [0.3, 0.4) is 0 Å². The first-order valence-electron chi connectivity index (χ1n) is 11.2. The van der Waals surface area contributed by atoms with Gasteiger partial charge < -0.3 is 19.5 Å². The van der Waals surface area contributed by atoms with Crippen molar-refractivity contribution in [2.24, 2.45) is 23.7 Å². The van der Waals surface area contributed by atoms with Gasteiger partial charge in [0.05, 0.1) is 24.0 Å². The fraction of sp³-hybridized carbons (Fsp3) is 0.818. The fourth-order valence-electron chi connectivity index (χ4n) is 6.00. The average molecular weight is 421 g/mol. The maximum absolute atomic E-state index is 13.7. The van der Waals surface area contributed by atoms with Crippen LogP contribution in [0.2, 0.25) is 0 Å². The van der Waals surface area contributed by atoms with E-state index in [9.17, 15) is 24.3 Å². The quantitative estimate of drug-likeness (QED) is 0.668. The largest absolute Gasteiger partial charge is 0.460 e. The van der Waals surface area contributed by atoms with Crippen molar-refractivity contribution < 1.29 is 33.8 Å². The fourth-order valence-corrected chi connectivity index (χ4v) is 6.00. The minimum Gasteiger partial charge on any atom is -0.460 e. The Morgan fingerprint density at radius 2 is 1.87 bits per heavy atom. The van der Waals surface area contributed by atoms with Crippen molar-refractivity contribution in [3.63, 3.8) is 0 Å². The van der Waals surface area contributed by atoms with Gasteiger partial charge in [-0.2, -0.15) is 0 Å². The third-order valence-corrected chi connectivity index (χ3v) is 7.66. The highest BCUT2D eigenvalue weighted by Crippen LogP contribution is 2.51. The van der Waals surface area contributed by atoms with Gasteiger partial charge in [-0.1, -0.05) is 20.8 Å². The van der Waals surface area contributed by atoms with Gasteiger partial charge in [0.25, 0.3) is 5.91 Å². The number of rotatable bonds is 2. The van der Waals surface area contributed by atoms with E-state index < -0.39 is 47.6 Å². The highest BCUT2D eigenvalue weighted by atomic mass is 16.6. The summed E-state index contributed by atoms with van der Waals surface area (Å²) in [7, 11) is 0. The van der Waals surface area contributed by atoms with Crippen molar-refractivity contribution in [1.82, 2.24) is 4.90 Å². The van der Waals surface area contributed by atoms with Crippen molar-refractivity contribution in [2.45, 2.75) is 83.1 Å². The Morgan fingerprint density at radius 3 is 2.50 bits per heavy atom. The molecule has 8 unspecified atom stereocenters. The van der Waals surface area contributed by atoms with Gasteiger partial charge >= 0.3 is 11.9 Å². The Balaban J connectivity index is 1.76. The first-order valence-corrected chi connectivity index (χ1v) is 11.2. The van der Waals surface area contributed by atoms with E-state index in [0.29, 0.717) is 38.6 Å². The predicted octanol–water partition coefficient (Wildman–Crippen LogP) is 1.23. The zero-order valence-corrected chi connectivity index (χ0v) is 17.8. The van der Waals surface area contributed by atoms with E-state index in [1.54, 1.807) is 18.7 Å². The SMILES string of the molecule is CCC1C(=O)CCCCN2C(=O)C3(CC2C2CC(C)C(=O)O2)OC(=O)C(C)C3C1O. The summed E-state index contributed by atoms with van der Waals surface area (Å²) in [6.07, 6.45) is 1.11. The highest BCUT2D eigenvalue weighted by Gasteiger charge is 2.68. The van der Waals surface area contributed by atoms with Crippen LogP contribution in [-0.4, -0.2) is 64.0 Å². The average Bonchev–Trinajstić information content (AvgIpc) is 3.25. The molecule has 166 valence electrons. The highest BCUT2D eigenvalue weighted by molar-refractivity contribution is 5.95. The zero-order chi connectivity index (χ0) is 21.8. The second-order valence-electron chi connectivity index (χ2n) is 9.44. The number of carbonyl (C=O) groups is 4. The summed E-state index contributed by atoms with van der Waals surface area (Å²) in [5.41, 5.74) is -1.50. The lowest BCUT2D eigenvalue weighted by Gasteiger charge is -2.34. The van der Waals surface area contributed by atoms with Crippen LogP contribution in [0.15, 0.2) is 0 Å². The smallest absolute Gasteiger partial charge is 0.310 e. The molecule has 0 aliphatic carbocycles. The van der Waals surface area contributed by atoms with E-state index in [0.717, 1.165) is 0 Å². The molecule has 0 aromatic rings. The van der Waals surface area contributed by atoms with Crippen molar-refractivity contribution >= 4 is 23.6 Å². The van der Waals surface area contributed by atoms with Crippen LogP contribution in [0, 0.1) is 23.7 Å². The van der Waals surface area contributed by atoms with Crippen LogP contribution in [0.25, 0.3) is 0 Å². The number of esters is 2. The number of carbonyl (C=O) groups excluding carboxylic acids is 4. The lowest BCUT2D eigenvalue weighted by molar-refractivity contribution is -0.164. The lowest BCUT2D eigenvalue weighted by atomic mass is 9.71. The lowest BCUT2D eigenvalue weighted by Crippen LogP contribution is -2.52. The Morgan fingerprint density at radius 1 is 1.13 bits per heavy atom. The summed E-state index contributed by atoms with van der Waals surface area (Å²) >= 11 is 0. The summed E-state index contributed by atoms with van der Waals surface area (Å²) in [4.78, 5) is 52.8. The molecule has 1 spiro atoms. The zero-order valence-electron chi connectivity index (χ0n) is 17.8. The van der Waals surface area contributed by atoms with E-state index >= 15 is 0 Å². The molecule has 0 saturated carbocycles. The Hall–Kier alpha value is -1.96. The van der Waals surface area contributed by atoms with Gasteiger partial charge in [0, 0.05) is 31.2 Å². The molecule has 1 amide bonds. The molecule has 4 rings (SSSR count). The third kappa shape index (κ3) is 3.06. The molecule has 4 fully saturated rings. The number of fused-ring (bicyclic) bond motifs is 1. The maximum Gasteiger partial charge on any atom is 0.310 e. The molecule has 2 bridgehead atoms. The molecule has 30 heavy (non-hydrogen) atoms. The van der Waals surface area contributed by atoms with Gasteiger partial charge in [0.2, 0.25) is 0 Å². The van der Waals surface area contributed by atoms with Gasteiger partial charge in [-0.3, -0.25) is 19.2 Å². The van der Waals surface area contributed by atoms with Crippen LogP contribution in [-0.2, 0) is 28.7 Å². The van der Waals surface area contributed by atoms with E-state index in [4.69, 9.17) is 9.47 Å². The van der Waals surface area contributed by atoms with Crippen LogP contribution >= 0.6 is 0 Å². The number of aliphatic hydroxyl groups excluding tert-OH is 1. The summed E-state index contributed by atoms with van der Waals surface area (Å²) in [5.74, 6) is -3.52. The minimum atomic E-state index is -1.50. The van der Waals surface area contributed by atoms with Gasteiger partial charge in [-0.15, -0.1) is 0 Å². The molecule has 1 N–H and O–H groups in total. The van der Waals surface area contributed by atoms with E-state index in [-0.39, 0.29) is 30.0 Å². The molecular formula is C22H31NO7. The number of aliphatic hydroxyl groups is 1. The van der Waals surface area contributed by atoms with Gasteiger partial charge in [0.1, 0.15) is 11.9 Å². The number of hydrogen-bond donors (Lipinski definition) is 1. The summed E-state index contributed by atoms with van der Waals surface area (Å²) in [6.45, 7) is 5.71. The molecule has 4 heterocycles. The van der Waals surface area contributed by atoms with Crippen LogP contribution < -0.4 is 0 Å².